The van der Waals surface area contributed by atoms with Crippen LogP contribution < -0.4 is 10.5 Å². The third-order valence-corrected chi connectivity index (χ3v) is 4.45. The van der Waals surface area contributed by atoms with Crippen LogP contribution in [0.3, 0.4) is 0 Å². The van der Waals surface area contributed by atoms with Crippen molar-refractivity contribution in [3.8, 4) is 39.8 Å². The molecule has 0 bridgehead atoms. The molecular formula is C19H14BrN3O2. The summed E-state index contributed by atoms with van der Waals surface area (Å²) < 4.78 is 5.69. The Labute approximate surface area is 153 Å². The number of pyridine rings is 1. The highest BCUT2D eigenvalue weighted by Gasteiger charge is 2.19. The molecule has 6 heteroatoms. The highest BCUT2D eigenvalue weighted by atomic mass is 79.9. The number of aromatic nitrogens is 1. The summed E-state index contributed by atoms with van der Waals surface area (Å²) in [5.41, 5.74) is 9.21. The second-order valence-corrected chi connectivity index (χ2v) is 6.15. The Morgan fingerprint density at radius 3 is 2.56 bits per heavy atom. The fourth-order valence-corrected chi connectivity index (χ4v) is 3.09. The van der Waals surface area contributed by atoms with E-state index in [0.29, 0.717) is 21.3 Å². The predicted octanol–water partition coefficient (Wildman–Crippen LogP) is 4.35. The number of hydrogen-bond acceptors (Lipinski definition) is 5. The number of halogens is 1. The van der Waals surface area contributed by atoms with E-state index in [1.54, 1.807) is 18.3 Å². The average molecular weight is 396 g/mol. The molecule has 5 nitrogen and oxygen atoms in total. The first-order valence-electron chi connectivity index (χ1n) is 7.37. The summed E-state index contributed by atoms with van der Waals surface area (Å²) in [5.74, 6) is 0.441. The van der Waals surface area contributed by atoms with E-state index in [1.165, 1.54) is 7.11 Å². The molecule has 2 aromatic carbocycles. The van der Waals surface area contributed by atoms with Crippen molar-refractivity contribution in [3.63, 3.8) is 0 Å². The van der Waals surface area contributed by atoms with Crippen molar-refractivity contribution >= 4 is 21.7 Å². The summed E-state index contributed by atoms with van der Waals surface area (Å²) in [6.45, 7) is 0. The number of anilines is 1. The largest absolute Gasteiger partial charge is 0.503 e. The van der Waals surface area contributed by atoms with Gasteiger partial charge in [0.15, 0.2) is 11.5 Å². The van der Waals surface area contributed by atoms with Crippen molar-refractivity contribution in [2.45, 2.75) is 0 Å². The highest BCUT2D eigenvalue weighted by Crippen LogP contribution is 2.43. The molecule has 0 atom stereocenters. The summed E-state index contributed by atoms with van der Waals surface area (Å²) in [4.78, 5) is 4.16. The molecule has 3 aromatic rings. The third kappa shape index (κ3) is 3.02. The first kappa shape index (κ1) is 16.8. The first-order chi connectivity index (χ1) is 12.1. The van der Waals surface area contributed by atoms with E-state index < -0.39 is 0 Å². The molecule has 25 heavy (non-hydrogen) atoms. The van der Waals surface area contributed by atoms with Crippen LogP contribution in [0, 0.1) is 11.3 Å². The molecule has 1 aromatic heterocycles. The first-order valence-corrected chi connectivity index (χ1v) is 8.17. The van der Waals surface area contributed by atoms with Gasteiger partial charge in [-0.1, -0.05) is 30.3 Å². The Morgan fingerprint density at radius 1 is 1.20 bits per heavy atom. The van der Waals surface area contributed by atoms with Gasteiger partial charge in [-0.3, -0.25) is 0 Å². The number of nitriles is 1. The monoisotopic (exact) mass is 395 g/mol. The van der Waals surface area contributed by atoms with Gasteiger partial charge in [0.2, 0.25) is 0 Å². The minimum Gasteiger partial charge on any atom is -0.503 e. The molecular weight excluding hydrogens is 382 g/mol. The number of nitrogens with two attached hydrogens (primary N) is 1. The number of benzene rings is 2. The van der Waals surface area contributed by atoms with Crippen molar-refractivity contribution in [3.05, 3.63) is 58.7 Å². The highest BCUT2D eigenvalue weighted by molar-refractivity contribution is 9.10. The molecule has 1 heterocycles. The number of rotatable bonds is 3. The van der Waals surface area contributed by atoms with Crippen LogP contribution in [0.25, 0.3) is 22.3 Å². The second-order valence-electron chi connectivity index (χ2n) is 5.29. The van der Waals surface area contributed by atoms with E-state index in [4.69, 9.17) is 10.5 Å². The molecule has 0 aliphatic heterocycles. The number of methoxy groups -OCH3 is 1. The Hall–Kier alpha value is -3.04. The quantitative estimate of drug-likeness (QED) is 0.687. The molecule has 0 amide bonds. The summed E-state index contributed by atoms with van der Waals surface area (Å²) >= 11 is 3.32. The van der Waals surface area contributed by atoms with Gasteiger partial charge in [-0.25, -0.2) is 4.98 Å². The minimum absolute atomic E-state index is 0.00644. The van der Waals surface area contributed by atoms with Crippen LogP contribution in [0.1, 0.15) is 5.56 Å². The molecule has 0 unspecified atom stereocenters. The molecule has 0 spiro atoms. The fraction of sp³-hybridized carbons (Fsp3) is 0.0526. The van der Waals surface area contributed by atoms with Gasteiger partial charge in [-0.05, 0) is 39.2 Å². The van der Waals surface area contributed by atoms with Gasteiger partial charge in [0.25, 0.3) is 0 Å². The van der Waals surface area contributed by atoms with Crippen molar-refractivity contribution in [2.24, 2.45) is 0 Å². The minimum atomic E-state index is -0.00644. The lowest BCUT2D eigenvalue weighted by Crippen LogP contribution is -2.00. The Bertz CT molecular complexity index is 982. The summed E-state index contributed by atoms with van der Waals surface area (Å²) in [5, 5.41) is 19.7. The number of hydrogen-bond donors (Lipinski definition) is 2. The standard InChI is InChI=1S/C19H14BrN3O2/c1-25-16-8-12(7-15(20)18(16)24)17-13(9-21)19(22)23-10-14(17)11-5-3-2-4-6-11/h2-8,10,24H,1H3,(H2,22,23). The van der Waals surface area contributed by atoms with Crippen LogP contribution in [0.5, 0.6) is 11.5 Å². The zero-order valence-corrected chi connectivity index (χ0v) is 14.9. The van der Waals surface area contributed by atoms with E-state index in [2.05, 4.69) is 27.0 Å². The zero-order valence-electron chi connectivity index (χ0n) is 13.3. The normalized spacial score (nSPS) is 10.3. The summed E-state index contributed by atoms with van der Waals surface area (Å²) in [6, 6.07) is 15.1. The second kappa shape index (κ2) is 6.83. The van der Waals surface area contributed by atoms with Crippen LogP contribution in [0.2, 0.25) is 0 Å². The smallest absolute Gasteiger partial charge is 0.172 e. The summed E-state index contributed by atoms with van der Waals surface area (Å²) in [7, 11) is 1.47. The van der Waals surface area contributed by atoms with Crippen LogP contribution in [0.15, 0.2) is 53.1 Å². The van der Waals surface area contributed by atoms with E-state index >= 15 is 0 Å². The lowest BCUT2D eigenvalue weighted by atomic mass is 9.92. The predicted molar refractivity (Wildman–Crippen MR) is 100 cm³/mol. The van der Waals surface area contributed by atoms with Crippen molar-refractivity contribution in [1.29, 1.82) is 5.26 Å². The topological polar surface area (TPSA) is 92.2 Å². The Morgan fingerprint density at radius 2 is 1.92 bits per heavy atom. The zero-order chi connectivity index (χ0) is 18.0. The van der Waals surface area contributed by atoms with Gasteiger partial charge in [-0.15, -0.1) is 0 Å². The van der Waals surface area contributed by atoms with E-state index in [-0.39, 0.29) is 17.1 Å². The molecule has 0 saturated carbocycles. The number of aromatic hydroxyl groups is 1. The van der Waals surface area contributed by atoms with E-state index in [1.807, 2.05) is 30.3 Å². The Balaban J connectivity index is 2.37. The number of phenolic OH excluding ortho intramolecular Hbond substituents is 1. The number of nitrogens with zero attached hydrogens (tertiary/aromatic N) is 2. The Kier molecular flexibility index (Phi) is 4.59. The van der Waals surface area contributed by atoms with Crippen molar-refractivity contribution < 1.29 is 9.84 Å². The maximum Gasteiger partial charge on any atom is 0.172 e. The number of phenols is 1. The lowest BCUT2D eigenvalue weighted by Gasteiger charge is -2.15. The molecule has 0 aliphatic rings. The molecule has 3 N–H and O–H groups in total. The molecule has 0 radical (unpaired) electrons. The number of ether oxygens (including phenoxy) is 1. The van der Waals surface area contributed by atoms with E-state index in [9.17, 15) is 10.4 Å². The van der Waals surface area contributed by atoms with Crippen molar-refractivity contribution in [2.75, 3.05) is 12.8 Å². The van der Waals surface area contributed by atoms with Gasteiger partial charge < -0.3 is 15.6 Å². The van der Waals surface area contributed by atoms with E-state index in [0.717, 1.165) is 11.1 Å². The van der Waals surface area contributed by atoms with Crippen LogP contribution >= 0.6 is 15.9 Å². The molecule has 124 valence electrons. The average Bonchev–Trinajstić information content (AvgIpc) is 2.64. The molecule has 3 rings (SSSR count). The van der Waals surface area contributed by atoms with Gasteiger partial charge >= 0.3 is 0 Å². The maximum atomic E-state index is 10.1. The maximum absolute atomic E-state index is 10.1. The summed E-state index contributed by atoms with van der Waals surface area (Å²) in [6.07, 6.45) is 1.65. The van der Waals surface area contributed by atoms with Crippen molar-refractivity contribution in [1.82, 2.24) is 4.98 Å². The fourth-order valence-electron chi connectivity index (χ4n) is 2.65. The van der Waals surface area contributed by atoms with Crippen LogP contribution in [-0.2, 0) is 0 Å². The van der Waals surface area contributed by atoms with Gasteiger partial charge in [-0.2, -0.15) is 5.26 Å². The lowest BCUT2D eigenvalue weighted by molar-refractivity contribution is 0.372. The molecule has 0 fully saturated rings. The molecule has 0 aliphatic carbocycles. The van der Waals surface area contributed by atoms with Gasteiger partial charge in [0.05, 0.1) is 11.6 Å². The van der Waals surface area contributed by atoms with Gasteiger partial charge in [0.1, 0.15) is 17.5 Å². The third-order valence-electron chi connectivity index (χ3n) is 3.84. The number of nitrogen functional groups attached to an aromatic ring is 1. The SMILES string of the molecule is COc1cc(-c2c(-c3ccccc3)cnc(N)c2C#N)cc(Br)c1O. The van der Waals surface area contributed by atoms with Gasteiger partial charge in [0, 0.05) is 17.3 Å². The van der Waals surface area contributed by atoms with Crippen LogP contribution in [-0.4, -0.2) is 17.2 Å². The molecule has 0 saturated heterocycles. The van der Waals surface area contributed by atoms with Crippen LogP contribution in [0.4, 0.5) is 5.82 Å².